The number of sulfonamides is 1. The van der Waals surface area contributed by atoms with Crippen LogP contribution in [0.1, 0.15) is 62.4 Å². The number of rotatable bonds is 14. The molecule has 4 aromatic rings. The van der Waals surface area contributed by atoms with E-state index in [1.807, 2.05) is 51.2 Å². The minimum absolute atomic E-state index is 0.0479. The zero-order valence-corrected chi connectivity index (χ0v) is 27.5. The molecule has 0 radical (unpaired) electrons. The Morgan fingerprint density at radius 1 is 1.07 bits per heavy atom. The van der Waals surface area contributed by atoms with E-state index in [1.165, 1.54) is 0 Å². The Balaban J connectivity index is 1.64. The highest BCUT2D eigenvalue weighted by Gasteiger charge is 2.29. The van der Waals surface area contributed by atoms with E-state index in [0.717, 1.165) is 24.0 Å². The molecule has 0 saturated carbocycles. The predicted molar refractivity (Wildman–Crippen MR) is 173 cm³/mol. The van der Waals surface area contributed by atoms with Crippen LogP contribution in [0.25, 0.3) is 11.1 Å². The molecule has 240 valence electrons. The smallest absolute Gasteiger partial charge is 0.264 e. The van der Waals surface area contributed by atoms with Gasteiger partial charge in [-0.25, -0.2) is 13.1 Å². The number of carbonyl (C=O) groups excluding carboxylic acids is 2. The van der Waals surface area contributed by atoms with Crippen LogP contribution in [0.4, 0.5) is 5.88 Å². The monoisotopic (exact) mass is 634 g/mol. The minimum atomic E-state index is -4.05. The van der Waals surface area contributed by atoms with Crippen molar-refractivity contribution >= 4 is 27.7 Å². The third-order valence-electron chi connectivity index (χ3n) is 7.83. The van der Waals surface area contributed by atoms with Crippen molar-refractivity contribution in [2.24, 2.45) is 5.92 Å². The van der Waals surface area contributed by atoms with Gasteiger partial charge in [0.05, 0.1) is 17.1 Å². The first-order valence-corrected chi connectivity index (χ1v) is 16.6. The summed E-state index contributed by atoms with van der Waals surface area (Å²) < 4.78 is 36.8. The van der Waals surface area contributed by atoms with Crippen molar-refractivity contribution in [1.29, 1.82) is 0 Å². The predicted octanol–water partition coefficient (Wildman–Crippen LogP) is 5.29. The van der Waals surface area contributed by atoms with E-state index in [1.54, 1.807) is 60.9 Å². The fraction of sp³-hybridized carbons (Fsp3) is 0.394. The zero-order valence-electron chi connectivity index (χ0n) is 26.7. The molecule has 2 amide bonds. The molecule has 2 aromatic carbocycles. The average molecular weight is 635 g/mol. The Morgan fingerprint density at radius 2 is 1.82 bits per heavy atom. The van der Waals surface area contributed by atoms with E-state index in [9.17, 15) is 18.0 Å². The van der Waals surface area contributed by atoms with Crippen molar-refractivity contribution in [3.05, 3.63) is 83.3 Å². The molecule has 0 spiro atoms. The topological polar surface area (TPSA) is 139 Å². The molecular formula is C33H42N6O5S. The number of unbranched alkanes of at least 4 members (excludes halogenated alkanes) is 1. The number of benzene rings is 2. The van der Waals surface area contributed by atoms with Crippen LogP contribution in [0, 0.1) is 19.8 Å². The van der Waals surface area contributed by atoms with Crippen molar-refractivity contribution in [1.82, 2.24) is 25.2 Å². The summed E-state index contributed by atoms with van der Waals surface area (Å²) in [7, 11) is -2.36. The second kappa shape index (κ2) is 14.6. The average Bonchev–Trinajstić information content (AvgIpc) is 3.64. The summed E-state index contributed by atoms with van der Waals surface area (Å²) in [6.07, 6.45) is 5.60. The zero-order chi connectivity index (χ0) is 32.7. The lowest BCUT2D eigenvalue weighted by Gasteiger charge is -2.30. The van der Waals surface area contributed by atoms with Gasteiger partial charge in [0.15, 0.2) is 0 Å². The summed E-state index contributed by atoms with van der Waals surface area (Å²) in [5, 5.41) is 11.2. The number of nitrogens with zero attached hydrogens (tertiary/aromatic N) is 4. The molecule has 2 heterocycles. The molecule has 0 aliphatic rings. The molecule has 0 fully saturated rings. The highest BCUT2D eigenvalue weighted by atomic mass is 32.2. The van der Waals surface area contributed by atoms with Gasteiger partial charge < -0.3 is 14.7 Å². The first-order chi connectivity index (χ1) is 21.4. The number of nitrogens with one attached hydrogen (secondary N) is 2. The summed E-state index contributed by atoms with van der Waals surface area (Å²) in [5.74, 6) is -0.276. The standard InChI is InChI=1S/C33H42N6O5S/c1-7-8-14-30(40)38(6)31(22(2)3)32(41)34-20-25-15-16-27(26(19-25)21-39-18-11-17-35-39)28-12-9-10-13-29(28)45(42,43)37-33-23(4)24(5)36-44-33/h9-13,15-19,22,31,37H,7-8,14,20-21H2,1-6H3,(H,34,41)/t31-/m0/s1. The number of hydrogen-bond acceptors (Lipinski definition) is 7. The van der Waals surface area contributed by atoms with Gasteiger partial charge in [0.2, 0.25) is 17.7 Å². The van der Waals surface area contributed by atoms with Gasteiger partial charge in [0, 0.05) is 43.5 Å². The second-order valence-corrected chi connectivity index (χ2v) is 13.2. The molecule has 0 bridgehead atoms. The van der Waals surface area contributed by atoms with Gasteiger partial charge >= 0.3 is 0 Å². The third-order valence-corrected chi connectivity index (χ3v) is 9.22. The molecule has 2 N–H and O–H groups in total. The fourth-order valence-corrected chi connectivity index (χ4v) is 6.48. The van der Waals surface area contributed by atoms with E-state index >= 15 is 0 Å². The molecule has 2 aromatic heterocycles. The quantitative estimate of drug-likeness (QED) is 0.192. The SMILES string of the molecule is CCCCC(=O)N(C)[C@H](C(=O)NCc1ccc(-c2ccccc2S(=O)(=O)Nc2onc(C)c2C)c(Cn2cccn2)c1)C(C)C. The Labute approximate surface area is 265 Å². The lowest BCUT2D eigenvalue weighted by atomic mass is 9.97. The molecule has 45 heavy (non-hydrogen) atoms. The van der Waals surface area contributed by atoms with Crippen molar-refractivity contribution in [3.63, 3.8) is 0 Å². The lowest BCUT2D eigenvalue weighted by molar-refractivity contribution is -0.140. The van der Waals surface area contributed by atoms with Crippen molar-refractivity contribution in [3.8, 4) is 11.1 Å². The number of carbonyl (C=O) groups is 2. The molecule has 4 rings (SSSR count). The number of aryl methyl sites for hydroxylation is 1. The lowest BCUT2D eigenvalue weighted by Crippen LogP contribution is -2.50. The molecule has 11 nitrogen and oxygen atoms in total. The summed E-state index contributed by atoms with van der Waals surface area (Å²) in [4.78, 5) is 27.7. The molecule has 0 aliphatic carbocycles. The highest BCUT2D eigenvalue weighted by Crippen LogP contribution is 2.33. The molecule has 0 saturated heterocycles. The Bertz CT molecular complexity index is 1730. The highest BCUT2D eigenvalue weighted by molar-refractivity contribution is 7.92. The van der Waals surface area contributed by atoms with Crippen LogP contribution in [0.15, 0.2) is 70.3 Å². The van der Waals surface area contributed by atoms with Gasteiger partial charge in [-0.05, 0) is 55.0 Å². The maximum Gasteiger partial charge on any atom is 0.264 e. The fourth-order valence-electron chi connectivity index (χ4n) is 5.21. The van der Waals surface area contributed by atoms with E-state index in [2.05, 4.69) is 20.3 Å². The van der Waals surface area contributed by atoms with Gasteiger partial charge in [0.1, 0.15) is 6.04 Å². The van der Waals surface area contributed by atoms with Gasteiger partial charge in [0.25, 0.3) is 10.0 Å². The summed E-state index contributed by atoms with van der Waals surface area (Å²) in [6.45, 7) is 9.96. The van der Waals surface area contributed by atoms with E-state index in [-0.39, 0.29) is 35.1 Å². The van der Waals surface area contributed by atoms with E-state index in [0.29, 0.717) is 35.3 Å². The minimum Gasteiger partial charge on any atom is -0.350 e. The largest absolute Gasteiger partial charge is 0.350 e. The number of hydrogen-bond donors (Lipinski definition) is 2. The normalized spacial score (nSPS) is 12.2. The van der Waals surface area contributed by atoms with Crippen LogP contribution < -0.4 is 10.0 Å². The van der Waals surface area contributed by atoms with Crippen molar-refractivity contribution in [2.45, 2.75) is 77.9 Å². The third kappa shape index (κ3) is 7.99. The number of aromatic nitrogens is 3. The number of anilines is 1. The summed E-state index contributed by atoms with van der Waals surface area (Å²) in [6, 6.07) is 13.6. The van der Waals surface area contributed by atoms with Gasteiger partial charge in [-0.15, -0.1) is 0 Å². The van der Waals surface area contributed by atoms with Crippen molar-refractivity contribution < 1.29 is 22.5 Å². The van der Waals surface area contributed by atoms with Crippen LogP contribution in [-0.2, 0) is 32.7 Å². The molecule has 12 heteroatoms. The molecule has 0 unspecified atom stereocenters. The first kappa shape index (κ1) is 33.4. The Kier molecular flexibility index (Phi) is 10.8. The second-order valence-electron chi connectivity index (χ2n) is 11.5. The van der Waals surface area contributed by atoms with Crippen molar-refractivity contribution in [2.75, 3.05) is 11.8 Å². The maximum atomic E-state index is 13.6. The molecule has 1 atom stereocenters. The molecule has 0 aliphatic heterocycles. The van der Waals surface area contributed by atoms with Crippen LogP contribution in [-0.4, -0.2) is 53.2 Å². The van der Waals surface area contributed by atoms with E-state index < -0.39 is 16.1 Å². The van der Waals surface area contributed by atoms with Gasteiger partial charge in [-0.3, -0.25) is 14.3 Å². The van der Waals surface area contributed by atoms with E-state index in [4.69, 9.17) is 4.52 Å². The summed E-state index contributed by atoms with van der Waals surface area (Å²) >= 11 is 0. The van der Waals surface area contributed by atoms with Crippen LogP contribution in [0.5, 0.6) is 0 Å². The maximum absolute atomic E-state index is 13.6. The summed E-state index contributed by atoms with van der Waals surface area (Å²) in [5.41, 5.74) is 4.05. The first-order valence-electron chi connectivity index (χ1n) is 15.1. The Hall–Kier alpha value is -4.45. The number of likely N-dealkylation sites (N-methyl/N-ethyl adjacent to an activating group) is 1. The van der Waals surface area contributed by atoms with Crippen LogP contribution >= 0.6 is 0 Å². The Morgan fingerprint density at radius 3 is 2.47 bits per heavy atom. The van der Waals surface area contributed by atoms with Crippen LogP contribution in [0.3, 0.4) is 0 Å². The molecular weight excluding hydrogens is 592 g/mol. The van der Waals surface area contributed by atoms with Crippen LogP contribution in [0.2, 0.25) is 0 Å². The number of amides is 2. The van der Waals surface area contributed by atoms with Gasteiger partial charge in [-0.2, -0.15) is 5.10 Å². The van der Waals surface area contributed by atoms with Gasteiger partial charge in [-0.1, -0.05) is 68.7 Å².